The number of benzene rings is 1. The van der Waals surface area contributed by atoms with E-state index in [1.165, 1.54) is 0 Å². The lowest BCUT2D eigenvalue weighted by atomic mass is 9.78. The van der Waals surface area contributed by atoms with Crippen LogP contribution in [0.1, 0.15) is 18.4 Å². The number of fused-ring (bicyclic) bond motifs is 2. The van der Waals surface area contributed by atoms with Gasteiger partial charge >= 0.3 is 5.97 Å². The van der Waals surface area contributed by atoms with Crippen molar-refractivity contribution >= 4 is 5.97 Å². The number of allylic oxidation sites excluding steroid dienone is 2. The summed E-state index contributed by atoms with van der Waals surface area (Å²) in [6.45, 7) is 0. The minimum absolute atomic E-state index is 0.139. The second kappa shape index (κ2) is 3.87. The van der Waals surface area contributed by atoms with Gasteiger partial charge in [0.05, 0.1) is 13.0 Å². The highest BCUT2D eigenvalue weighted by Gasteiger charge is 2.51. The SMILES string of the molecule is COc1ccccc1C12C=CC(C1)C(C(=O)O)C2. The predicted molar refractivity (Wildman–Crippen MR) is 67.7 cm³/mol. The zero-order valence-corrected chi connectivity index (χ0v) is 10.3. The lowest BCUT2D eigenvalue weighted by molar-refractivity contribution is -0.142. The Morgan fingerprint density at radius 3 is 2.83 bits per heavy atom. The number of carboxylic acids is 1. The van der Waals surface area contributed by atoms with Crippen molar-refractivity contribution in [2.45, 2.75) is 18.3 Å². The third-order valence-corrected chi connectivity index (χ3v) is 4.32. The molecule has 0 heterocycles. The molecule has 94 valence electrons. The average Bonchev–Trinajstić information content (AvgIpc) is 2.97. The van der Waals surface area contributed by atoms with Crippen LogP contribution in [-0.2, 0) is 10.2 Å². The molecule has 2 bridgehead atoms. The average molecular weight is 244 g/mol. The molecule has 2 aliphatic carbocycles. The van der Waals surface area contributed by atoms with Gasteiger partial charge in [-0.1, -0.05) is 30.4 Å². The molecule has 3 nitrogen and oxygen atoms in total. The van der Waals surface area contributed by atoms with Gasteiger partial charge < -0.3 is 9.84 Å². The minimum atomic E-state index is -0.680. The van der Waals surface area contributed by atoms with E-state index in [9.17, 15) is 9.90 Å². The maximum atomic E-state index is 11.3. The summed E-state index contributed by atoms with van der Waals surface area (Å²) in [6.07, 6.45) is 5.82. The Labute approximate surface area is 106 Å². The third-order valence-electron chi connectivity index (χ3n) is 4.32. The summed E-state index contributed by atoms with van der Waals surface area (Å²) in [6, 6.07) is 7.93. The quantitative estimate of drug-likeness (QED) is 0.831. The highest BCUT2D eigenvalue weighted by molar-refractivity contribution is 5.73. The highest BCUT2D eigenvalue weighted by Crippen LogP contribution is 2.55. The molecule has 1 fully saturated rings. The first-order chi connectivity index (χ1) is 8.66. The van der Waals surface area contributed by atoms with Crippen molar-refractivity contribution in [1.29, 1.82) is 0 Å². The molecular weight excluding hydrogens is 228 g/mol. The number of hydrogen-bond acceptors (Lipinski definition) is 2. The van der Waals surface area contributed by atoms with Gasteiger partial charge in [-0.2, -0.15) is 0 Å². The molecule has 1 aromatic carbocycles. The van der Waals surface area contributed by atoms with E-state index >= 15 is 0 Å². The number of carbonyl (C=O) groups is 1. The van der Waals surface area contributed by atoms with Crippen LogP contribution >= 0.6 is 0 Å². The Kier molecular flexibility index (Phi) is 2.44. The predicted octanol–water partition coefficient (Wildman–Crippen LogP) is 2.61. The number of para-hydroxylation sites is 1. The maximum Gasteiger partial charge on any atom is 0.307 e. The lowest BCUT2D eigenvalue weighted by Gasteiger charge is -2.27. The molecule has 0 radical (unpaired) electrons. The van der Waals surface area contributed by atoms with Crippen molar-refractivity contribution in [2.24, 2.45) is 11.8 Å². The van der Waals surface area contributed by atoms with E-state index in [1.54, 1.807) is 7.11 Å². The molecule has 3 rings (SSSR count). The number of hydrogen-bond donors (Lipinski definition) is 1. The zero-order chi connectivity index (χ0) is 12.8. The van der Waals surface area contributed by atoms with Crippen molar-refractivity contribution in [3.63, 3.8) is 0 Å². The van der Waals surface area contributed by atoms with E-state index in [4.69, 9.17) is 4.74 Å². The number of aliphatic carboxylic acids is 1. The molecule has 1 N–H and O–H groups in total. The number of rotatable bonds is 3. The molecule has 0 saturated heterocycles. The molecule has 18 heavy (non-hydrogen) atoms. The summed E-state index contributed by atoms with van der Waals surface area (Å²) in [4.78, 5) is 11.3. The van der Waals surface area contributed by atoms with E-state index < -0.39 is 5.97 Å². The minimum Gasteiger partial charge on any atom is -0.496 e. The van der Waals surface area contributed by atoms with Crippen LogP contribution in [0.4, 0.5) is 0 Å². The summed E-state index contributed by atoms with van der Waals surface area (Å²) >= 11 is 0. The molecule has 3 heteroatoms. The van der Waals surface area contributed by atoms with Gasteiger partial charge in [-0.15, -0.1) is 0 Å². The van der Waals surface area contributed by atoms with Gasteiger partial charge in [-0.25, -0.2) is 0 Å². The Hall–Kier alpha value is -1.77. The Morgan fingerprint density at radius 1 is 1.39 bits per heavy atom. The smallest absolute Gasteiger partial charge is 0.307 e. The van der Waals surface area contributed by atoms with Gasteiger partial charge in [0.25, 0.3) is 0 Å². The summed E-state index contributed by atoms with van der Waals surface area (Å²) in [5, 5.41) is 9.26. The summed E-state index contributed by atoms with van der Waals surface area (Å²) in [5.74, 6) is 0.0993. The van der Waals surface area contributed by atoms with Crippen LogP contribution < -0.4 is 4.74 Å². The highest BCUT2D eigenvalue weighted by atomic mass is 16.5. The van der Waals surface area contributed by atoms with Gasteiger partial charge in [0.15, 0.2) is 0 Å². The van der Waals surface area contributed by atoms with Crippen LogP contribution in [0.2, 0.25) is 0 Å². The molecule has 3 unspecified atom stereocenters. The van der Waals surface area contributed by atoms with E-state index in [1.807, 2.05) is 18.2 Å². The molecule has 3 atom stereocenters. The standard InChI is InChI=1S/C15H16O3/c1-18-13-5-3-2-4-12(13)15-7-6-10(8-15)11(9-15)14(16)17/h2-7,10-11H,8-9H2,1H3,(H,16,17). The van der Waals surface area contributed by atoms with Gasteiger partial charge in [-0.3, -0.25) is 4.79 Å². The van der Waals surface area contributed by atoms with Gasteiger partial charge in [0, 0.05) is 11.0 Å². The van der Waals surface area contributed by atoms with Crippen LogP contribution in [0, 0.1) is 11.8 Å². The van der Waals surface area contributed by atoms with Crippen molar-refractivity contribution in [2.75, 3.05) is 7.11 Å². The first-order valence-corrected chi connectivity index (χ1v) is 6.22. The third kappa shape index (κ3) is 1.47. The fraction of sp³-hybridized carbons (Fsp3) is 0.400. The summed E-state index contributed by atoms with van der Waals surface area (Å²) < 4.78 is 5.42. The van der Waals surface area contributed by atoms with Gasteiger partial charge in [0.2, 0.25) is 0 Å². The fourth-order valence-corrected chi connectivity index (χ4v) is 3.47. The van der Waals surface area contributed by atoms with Crippen molar-refractivity contribution < 1.29 is 14.6 Å². The van der Waals surface area contributed by atoms with Crippen molar-refractivity contribution in [1.82, 2.24) is 0 Å². The van der Waals surface area contributed by atoms with Crippen LogP contribution in [0.25, 0.3) is 0 Å². The second-order valence-corrected chi connectivity index (χ2v) is 5.23. The number of carboxylic acid groups (broad SMARTS) is 1. The summed E-state index contributed by atoms with van der Waals surface area (Å²) in [7, 11) is 1.66. The molecule has 1 saturated carbocycles. The first-order valence-electron chi connectivity index (χ1n) is 6.22. The molecule has 1 aromatic rings. The fourth-order valence-electron chi connectivity index (χ4n) is 3.47. The molecule has 2 aliphatic rings. The number of ether oxygens (including phenoxy) is 1. The van der Waals surface area contributed by atoms with E-state index in [0.717, 1.165) is 17.7 Å². The van der Waals surface area contributed by atoms with Gasteiger partial charge in [0.1, 0.15) is 5.75 Å². The summed E-state index contributed by atoms with van der Waals surface area (Å²) in [5.41, 5.74) is 0.982. The Bertz CT molecular complexity index is 520. The zero-order valence-electron chi connectivity index (χ0n) is 10.3. The normalized spacial score (nSPS) is 32.7. The first kappa shape index (κ1) is 11.3. The van der Waals surface area contributed by atoms with Gasteiger partial charge in [-0.05, 0) is 24.8 Å². The largest absolute Gasteiger partial charge is 0.496 e. The van der Waals surface area contributed by atoms with E-state index in [0.29, 0.717) is 6.42 Å². The molecular formula is C15H16O3. The molecule has 0 aliphatic heterocycles. The van der Waals surface area contributed by atoms with Crippen molar-refractivity contribution in [3.05, 3.63) is 42.0 Å². The second-order valence-electron chi connectivity index (χ2n) is 5.23. The Morgan fingerprint density at radius 2 is 2.17 bits per heavy atom. The Balaban J connectivity index is 2.03. The van der Waals surface area contributed by atoms with Crippen LogP contribution in [0.3, 0.4) is 0 Å². The monoisotopic (exact) mass is 244 g/mol. The van der Waals surface area contributed by atoms with Crippen LogP contribution in [0.5, 0.6) is 5.75 Å². The maximum absolute atomic E-state index is 11.3. The number of methoxy groups -OCH3 is 1. The van der Waals surface area contributed by atoms with Crippen LogP contribution in [-0.4, -0.2) is 18.2 Å². The molecule has 0 spiro atoms. The lowest BCUT2D eigenvalue weighted by Crippen LogP contribution is -2.24. The molecule has 0 aromatic heterocycles. The molecule has 0 amide bonds. The topological polar surface area (TPSA) is 46.5 Å². The van der Waals surface area contributed by atoms with Crippen molar-refractivity contribution in [3.8, 4) is 5.75 Å². The van der Waals surface area contributed by atoms with E-state index in [2.05, 4.69) is 18.2 Å². The van der Waals surface area contributed by atoms with E-state index in [-0.39, 0.29) is 17.3 Å². The van der Waals surface area contributed by atoms with Crippen LogP contribution in [0.15, 0.2) is 36.4 Å².